The van der Waals surface area contributed by atoms with E-state index in [1.54, 1.807) is 0 Å². The van der Waals surface area contributed by atoms with Crippen LogP contribution in [0.3, 0.4) is 0 Å². The highest BCUT2D eigenvalue weighted by atomic mass is 16.2. The summed E-state index contributed by atoms with van der Waals surface area (Å²) in [7, 11) is 0. The van der Waals surface area contributed by atoms with E-state index in [0.717, 1.165) is 10.5 Å². The van der Waals surface area contributed by atoms with Gasteiger partial charge in [-0.1, -0.05) is 18.6 Å². The van der Waals surface area contributed by atoms with Gasteiger partial charge in [0.1, 0.15) is 0 Å². The van der Waals surface area contributed by atoms with Gasteiger partial charge in [0.25, 0.3) is 0 Å². The van der Waals surface area contributed by atoms with Crippen LogP contribution in [0.15, 0.2) is 11.6 Å². The molecule has 0 aromatic rings. The van der Waals surface area contributed by atoms with E-state index in [-0.39, 0.29) is 36.0 Å². The van der Waals surface area contributed by atoms with E-state index >= 15 is 0 Å². The Kier molecular flexibility index (Phi) is 3.13. The molecule has 0 radical (unpaired) electrons. The maximum absolute atomic E-state index is 12.1. The summed E-state index contributed by atoms with van der Waals surface area (Å²) >= 11 is 0. The molecule has 0 aromatic carbocycles. The Bertz CT molecular complexity index is 411. The number of imide groups is 3. The second-order valence-corrected chi connectivity index (χ2v) is 4.86. The molecule has 2 atom stereocenters. The SMILES string of the molecule is CCCC(=O)N1C(=O)C2CC=C(C)CC2C1=O. The second kappa shape index (κ2) is 4.43. The average molecular weight is 235 g/mol. The first kappa shape index (κ1) is 12.0. The summed E-state index contributed by atoms with van der Waals surface area (Å²) in [5.41, 5.74) is 1.14. The minimum Gasteiger partial charge on any atom is -0.274 e. The van der Waals surface area contributed by atoms with Gasteiger partial charge in [0, 0.05) is 6.42 Å². The molecular formula is C13H17NO3. The number of hydrogen-bond donors (Lipinski definition) is 0. The second-order valence-electron chi connectivity index (χ2n) is 4.86. The van der Waals surface area contributed by atoms with Crippen LogP contribution in [0.4, 0.5) is 0 Å². The van der Waals surface area contributed by atoms with Gasteiger partial charge < -0.3 is 0 Å². The molecule has 1 aliphatic heterocycles. The monoisotopic (exact) mass is 235 g/mol. The van der Waals surface area contributed by atoms with Crippen LogP contribution in [-0.4, -0.2) is 22.6 Å². The van der Waals surface area contributed by atoms with Crippen molar-refractivity contribution in [3.8, 4) is 0 Å². The Hall–Kier alpha value is -1.45. The zero-order valence-corrected chi connectivity index (χ0v) is 10.2. The third-order valence-corrected chi connectivity index (χ3v) is 3.54. The molecule has 2 unspecified atom stereocenters. The van der Waals surface area contributed by atoms with Crippen molar-refractivity contribution in [1.82, 2.24) is 4.90 Å². The standard InChI is InChI=1S/C13H17NO3/c1-3-4-11(15)14-12(16)9-6-5-8(2)7-10(9)13(14)17/h5,9-10H,3-4,6-7H2,1-2H3. The Morgan fingerprint density at radius 1 is 1.35 bits per heavy atom. The van der Waals surface area contributed by atoms with Gasteiger partial charge in [0.05, 0.1) is 11.8 Å². The maximum atomic E-state index is 12.1. The molecular weight excluding hydrogens is 218 g/mol. The van der Waals surface area contributed by atoms with Crippen LogP contribution < -0.4 is 0 Å². The van der Waals surface area contributed by atoms with E-state index in [4.69, 9.17) is 0 Å². The minimum absolute atomic E-state index is 0.267. The molecule has 1 aliphatic carbocycles. The predicted octanol–water partition coefficient (Wildman–Crippen LogP) is 1.65. The summed E-state index contributed by atoms with van der Waals surface area (Å²) in [5, 5.41) is 0. The molecule has 17 heavy (non-hydrogen) atoms. The molecule has 1 heterocycles. The highest BCUT2D eigenvalue weighted by Gasteiger charge is 2.50. The Morgan fingerprint density at radius 3 is 2.65 bits per heavy atom. The number of rotatable bonds is 2. The van der Waals surface area contributed by atoms with Gasteiger partial charge in [-0.15, -0.1) is 0 Å². The third-order valence-electron chi connectivity index (χ3n) is 3.54. The van der Waals surface area contributed by atoms with Gasteiger partial charge in [-0.3, -0.25) is 14.4 Å². The zero-order valence-electron chi connectivity index (χ0n) is 10.2. The van der Waals surface area contributed by atoms with Gasteiger partial charge in [0.2, 0.25) is 17.7 Å². The fraction of sp³-hybridized carbons (Fsp3) is 0.615. The fourth-order valence-electron chi connectivity index (χ4n) is 2.61. The summed E-state index contributed by atoms with van der Waals surface area (Å²) < 4.78 is 0. The fourth-order valence-corrected chi connectivity index (χ4v) is 2.61. The van der Waals surface area contributed by atoms with Crippen molar-refractivity contribution in [3.63, 3.8) is 0 Å². The smallest absolute Gasteiger partial charge is 0.240 e. The van der Waals surface area contributed by atoms with E-state index in [0.29, 0.717) is 19.3 Å². The Labute approximate surface area is 101 Å². The van der Waals surface area contributed by atoms with Crippen LogP contribution in [0.25, 0.3) is 0 Å². The van der Waals surface area contributed by atoms with E-state index in [1.807, 2.05) is 19.9 Å². The molecule has 3 amide bonds. The van der Waals surface area contributed by atoms with Crippen LogP contribution in [0.2, 0.25) is 0 Å². The van der Waals surface area contributed by atoms with Crippen molar-refractivity contribution in [2.24, 2.45) is 11.8 Å². The summed E-state index contributed by atoms with van der Waals surface area (Å²) in [6.07, 6.45) is 4.13. The predicted molar refractivity (Wildman–Crippen MR) is 61.7 cm³/mol. The van der Waals surface area contributed by atoms with Crippen molar-refractivity contribution in [1.29, 1.82) is 0 Å². The van der Waals surface area contributed by atoms with Crippen molar-refractivity contribution in [2.45, 2.75) is 39.5 Å². The van der Waals surface area contributed by atoms with Crippen LogP contribution >= 0.6 is 0 Å². The lowest BCUT2D eigenvalue weighted by atomic mass is 9.82. The number of amides is 3. The summed E-state index contributed by atoms with van der Waals surface area (Å²) in [4.78, 5) is 36.7. The maximum Gasteiger partial charge on any atom is 0.240 e. The van der Waals surface area contributed by atoms with Gasteiger partial charge in [-0.25, -0.2) is 4.90 Å². The highest BCUT2D eigenvalue weighted by molar-refractivity contribution is 6.17. The van der Waals surface area contributed by atoms with E-state index < -0.39 is 0 Å². The Morgan fingerprint density at radius 2 is 2.00 bits per heavy atom. The van der Waals surface area contributed by atoms with Crippen molar-refractivity contribution in [2.75, 3.05) is 0 Å². The molecule has 0 saturated carbocycles. The third kappa shape index (κ3) is 1.92. The average Bonchev–Trinajstić information content (AvgIpc) is 2.52. The van der Waals surface area contributed by atoms with Crippen LogP contribution in [0.5, 0.6) is 0 Å². The lowest BCUT2D eigenvalue weighted by Crippen LogP contribution is -2.36. The van der Waals surface area contributed by atoms with Gasteiger partial charge in [-0.2, -0.15) is 0 Å². The molecule has 2 rings (SSSR count). The lowest BCUT2D eigenvalue weighted by molar-refractivity contribution is -0.150. The lowest BCUT2D eigenvalue weighted by Gasteiger charge is -2.18. The van der Waals surface area contributed by atoms with Gasteiger partial charge in [0.15, 0.2) is 0 Å². The molecule has 0 aromatic heterocycles. The molecule has 4 heteroatoms. The van der Waals surface area contributed by atoms with E-state index in [1.165, 1.54) is 0 Å². The molecule has 92 valence electrons. The Balaban J connectivity index is 2.22. The molecule has 2 aliphatic rings. The first-order valence-corrected chi connectivity index (χ1v) is 6.12. The van der Waals surface area contributed by atoms with Gasteiger partial charge >= 0.3 is 0 Å². The number of allylic oxidation sites excluding steroid dienone is 2. The largest absolute Gasteiger partial charge is 0.274 e. The van der Waals surface area contributed by atoms with Crippen molar-refractivity contribution in [3.05, 3.63) is 11.6 Å². The van der Waals surface area contributed by atoms with Crippen molar-refractivity contribution >= 4 is 17.7 Å². The highest BCUT2D eigenvalue weighted by Crippen LogP contribution is 2.37. The first-order valence-electron chi connectivity index (χ1n) is 6.12. The number of nitrogens with zero attached hydrogens (tertiary/aromatic N) is 1. The molecule has 1 fully saturated rings. The van der Waals surface area contributed by atoms with Crippen molar-refractivity contribution < 1.29 is 14.4 Å². The number of fused-ring (bicyclic) bond motifs is 1. The molecule has 0 N–H and O–H groups in total. The number of carbonyl (C=O) groups excluding carboxylic acids is 3. The van der Waals surface area contributed by atoms with Crippen LogP contribution in [-0.2, 0) is 14.4 Å². The normalized spacial score (nSPS) is 28.1. The molecule has 1 saturated heterocycles. The number of carbonyl (C=O) groups is 3. The summed E-state index contributed by atoms with van der Waals surface area (Å²) in [5.74, 6) is -1.51. The molecule has 0 bridgehead atoms. The number of likely N-dealkylation sites (tertiary alicyclic amines) is 1. The molecule has 0 spiro atoms. The topological polar surface area (TPSA) is 54.5 Å². The van der Waals surface area contributed by atoms with Crippen LogP contribution in [0.1, 0.15) is 39.5 Å². The minimum atomic E-state index is -0.338. The number of hydrogen-bond acceptors (Lipinski definition) is 3. The van der Waals surface area contributed by atoms with E-state index in [9.17, 15) is 14.4 Å². The van der Waals surface area contributed by atoms with Crippen LogP contribution in [0, 0.1) is 11.8 Å². The summed E-state index contributed by atoms with van der Waals surface area (Å²) in [6, 6.07) is 0. The van der Waals surface area contributed by atoms with Gasteiger partial charge in [-0.05, 0) is 26.2 Å². The zero-order chi connectivity index (χ0) is 12.6. The summed E-state index contributed by atoms with van der Waals surface area (Å²) in [6.45, 7) is 3.83. The molecule has 4 nitrogen and oxygen atoms in total. The van der Waals surface area contributed by atoms with E-state index in [2.05, 4.69) is 0 Å². The quantitative estimate of drug-likeness (QED) is 0.540. The first-order chi connectivity index (χ1) is 8.06.